The molecule has 192 valence electrons. The molecule has 0 saturated carbocycles. The van der Waals surface area contributed by atoms with Gasteiger partial charge in [-0.1, -0.05) is 101 Å². The number of fused-ring (bicyclic) bond motifs is 1. The minimum Gasteiger partial charge on any atom is -0.470 e. The Morgan fingerprint density at radius 3 is 2.20 bits per heavy atom. The molecule has 3 rings (SSSR count). The Balaban J connectivity index is 1.43. The number of hydrogen-bond donors (Lipinski definition) is 0. The molecule has 1 atom stereocenters. The number of rotatable bonds is 17. The molecule has 1 heterocycles. The Bertz CT molecular complexity index is 854. The van der Waals surface area contributed by atoms with Gasteiger partial charge in [-0.3, -0.25) is 4.79 Å². The van der Waals surface area contributed by atoms with Crippen molar-refractivity contribution in [3.8, 4) is 5.75 Å². The average Bonchev–Trinajstić information content (AvgIpc) is 2.88. The van der Waals surface area contributed by atoms with Gasteiger partial charge in [-0.15, -0.1) is 0 Å². The number of likely N-dealkylation sites (N-methyl/N-ethyl adjacent to an activating group) is 1. The first-order valence-electron chi connectivity index (χ1n) is 14.0. The van der Waals surface area contributed by atoms with Crippen LogP contribution in [0.25, 0.3) is 0 Å². The number of amides is 1. The van der Waals surface area contributed by atoms with Crippen LogP contribution in [0.1, 0.15) is 93.5 Å². The summed E-state index contributed by atoms with van der Waals surface area (Å²) in [6, 6.07) is 18.4. The lowest BCUT2D eigenvalue weighted by molar-refractivity contribution is 0.00366. The first-order valence-corrected chi connectivity index (χ1v) is 14.0. The van der Waals surface area contributed by atoms with Crippen molar-refractivity contribution >= 4 is 5.91 Å². The summed E-state index contributed by atoms with van der Waals surface area (Å²) in [6.07, 6.45) is 14.5. The third-order valence-electron chi connectivity index (χ3n) is 7.11. The number of ether oxygens (including phenoxy) is 1. The second-order valence-electron chi connectivity index (χ2n) is 10.1. The molecule has 4 heteroatoms. The molecule has 1 aliphatic heterocycles. The van der Waals surface area contributed by atoms with Crippen LogP contribution in [0.4, 0.5) is 0 Å². The zero-order valence-electron chi connectivity index (χ0n) is 22.1. The summed E-state index contributed by atoms with van der Waals surface area (Å²) < 4.78 is 6.34. The van der Waals surface area contributed by atoms with E-state index >= 15 is 0 Å². The Morgan fingerprint density at radius 2 is 1.46 bits per heavy atom. The third-order valence-corrected chi connectivity index (χ3v) is 7.11. The van der Waals surface area contributed by atoms with Gasteiger partial charge < -0.3 is 14.5 Å². The van der Waals surface area contributed by atoms with E-state index in [0.717, 1.165) is 51.1 Å². The van der Waals surface area contributed by atoms with Gasteiger partial charge in [-0.05, 0) is 50.6 Å². The van der Waals surface area contributed by atoms with Crippen LogP contribution in [0.2, 0.25) is 0 Å². The van der Waals surface area contributed by atoms with Crippen molar-refractivity contribution in [3.05, 3.63) is 65.7 Å². The minimum atomic E-state index is -0.142. The average molecular weight is 479 g/mol. The Kier molecular flexibility index (Phi) is 12.2. The highest BCUT2D eigenvalue weighted by molar-refractivity contribution is 5.97. The van der Waals surface area contributed by atoms with E-state index in [0.29, 0.717) is 5.56 Å². The summed E-state index contributed by atoms with van der Waals surface area (Å²) in [5.74, 6) is 0.870. The molecule has 4 nitrogen and oxygen atoms in total. The maximum atomic E-state index is 13.3. The van der Waals surface area contributed by atoms with Crippen LogP contribution >= 0.6 is 0 Å². The molecule has 0 aromatic heterocycles. The second-order valence-corrected chi connectivity index (χ2v) is 10.1. The molecule has 0 aliphatic carbocycles. The Morgan fingerprint density at radius 1 is 0.800 bits per heavy atom. The molecule has 2 aromatic rings. The van der Waals surface area contributed by atoms with Crippen LogP contribution in [-0.4, -0.2) is 48.6 Å². The van der Waals surface area contributed by atoms with Crippen LogP contribution in [-0.2, 0) is 6.42 Å². The van der Waals surface area contributed by atoms with Gasteiger partial charge in [0.05, 0.1) is 5.56 Å². The number of carbonyl (C=O) groups excluding carboxylic acids is 1. The van der Waals surface area contributed by atoms with Gasteiger partial charge in [0.25, 0.3) is 5.91 Å². The predicted octanol–water partition coefficient (Wildman–Crippen LogP) is 7.33. The van der Waals surface area contributed by atoms with Gasteiger partial charge in [0, 0.05) is 19.5 Å². The molecule has 0 fully saturated rings. The maximum absolute atomic E-state index is 13.3. The molecule has 0 N–H and O–H groups in total. The lowest BCUT2D eigenvalue weighted by atomic mass is 10.0. The number of hydrogen-bond acceptors (Lipinski definition) is 3. The predicted molar refractivity (Wildman–Crippen MR) is 146 cm³/mol. The summed E-state index contributed by atoms with van der Waals surface area (Å²) in [5.41, 5.74) is 2.07. The number of benzene rings is 2. The van der Waals surface area contributed by atoms with Crippen LogP contribution in [0.3, 0.4) is 0 Å². The van der Waals surface area contributed by atoms with Gasteiger partial charge >= 0.3 is 0 Å². The van der Waals surface area contributed by atoms with Crippen molar-refractivity contribution < 1.29 is 9.53 Å². The molecule has 0 spiro atoms. The van der Waals surface area contributed by atoms with Gasteiger partial charge in [-0.25, -0.2) is 0 Å². The summed E-state index contributed by atoms with van der Waals surface area (Å²) in [6.45, 7) is 5.01. The Labute approximate surface area is 213 Å². The smallest absolute Gasteiger partial charge is 0.260 e. The SMILES string of the molecule is CCCCCCCCCCCC1Oc2ccccc2C(=O)N1CCCN(C)CCc1ccccc1. The molecule has 35 heavy (non-hydrogen) atoms. The molecule has 0 saturated heterocycles. The molecular weight excluding hydrogens is 432 g/mol. The van der Waals surface area contributed by atoms with Crippen molar-refractivity contribution in [2.45, 2.75) is 90.2 Å². The van der Waals surface area contributed by atoms with Crippen molar-refractivity contribution in [1.82, 2.24) is 9.80 Å². The number of para-hydroxylation sites is 1. The highest BCUT2D eigenvalue weighted by Crippen LogP contribution is 2.30. The van der Waals surface area contributed by atoms with Crippen molar-refractivity contribution in [2.75, 3.05) is 26.7 Å². The highest BCUT2D eigenvalue weighted by atomic mass is 16.5. The van der Waals surface area contributed by atoms with Gasteiger partial charge in [0.2, 0.25) is 0 Å². The van der Waals surface area contributed by atoms with Crippen LogP contribution in [0, 0.1) is 0 Å². The fourth-order valence-corrected chi connectivity index (χ4v) is 4.92. The van der Waals surface area contributed by atoms with E-state index in [1.807, 2.05) is 29.2 Å². The van der Waals surface area contributed by atoms with E-state index in [-0.39, 0.29) is 12.1 Å². The van der Waals surface area contributed by atoms with Crippen molar-refractivity contribution in [2.24, 2.45) is 0 Å². The molecule has 0 bridgehead atoms. The summed E-state index contributed by atoms with van der Waals surface area (Å²) >= 11 is 0. The lowest BCUT2D eigenvalue weighted by Crippen LogP contribution is -2.48. The Hall–Kier alpha value is -2.33. The number of nitrogens with zero attached hydrogens (tertiary/aromatic N) is 2. The zero-order chi connectivity index (χ0) is 24.7. The summed E-state index contributed by atoms with van der Waals surface area (Å²) in [5, 5.41) is 0. The van der Waals surface area contributed by atoms with Gasteiger partial charge in [0.15, 0.2) is 6.23 Å². The van der Waals surface area contributed by atoms with Crippen LogP contribution < -0.4 is 4.74 Å². The molecule has 0 radical (unpaired) electrons. The lowest BCUT2D eigenvalue weighted by Gasteiger charge is -2.37. The van der Waals surface area contributed by atoms with Crippen molar-refractivity contribution in [3.63, 3.8) is 0 Å². The molecule has 1 unspecified atom stereocenters. The van der Waals surface area contributed by atoms with E-state index < -0.39 is 0 Å². The van der Waals surface area contributed by atoms with Crippen LogP contribution in [0.5, 0.6) is 5.75 Å². The van der Waals surface area contributed by atoms with Crippen LogP contribution in [0.15, 0.2) is 54.6 Å². The molecular formula is C31H46N2O2. The molecule has 1 aliphatic rings. The van der Waals surface area contributed by atoms with Crippen molar-refractivity contribution in [1.29, 1.82) is 0 Å². The number of unbranched alkanes of at least 4 members (excludes halogenated alkanes) is 8. The quantitative estimate of drug-likeness (QED) is 0.223. The topological polar surface area (TPSA) is 32.8 Å². The van der Waals surface area contributed by atoms with Gasteiger partial charge in [0.1, 0.15) is 5.75 Å². The largest absolute Gasteiger partial charge is 0.470 e. The van der Waals surface area contributed by atoms with E-state index in [9.17, 15) is 4.79 Å². The van der Waals surface area contributed by atoms with E-state index in [1.54, 1.807) is 0 Å². The summed E-state index contributed by atoms with van der Waals surface area (Å²) in [7, 11) is 2.17. The second kappa shape index (κ2) is 15.6. The minimum absolute atomic E-state index is 0.125. The van der Waals surface area contributed by atoms with Gasteiger partial charge in [-0.2, -0.15) is 0 Å². The van der Waals surface area contributed by atoms with E-state index in [1.165, 1.54) is 56.9 Å². The molecule has 1 amide bonds. The van der Waals surface area contributed by atoms with E-state index in [4.69, 9.17) is 4.74 Å². The normalized spacial score (nSPS) is 15.3. The standard InChI is InChI=1S/C31H46N2O2/c1-3-4-5-6-7-8-9-10-14-22-30-33(31(34)28-20-15-16-21-29(28)35-30)25-17-24-32(2)26-23-27-18-12-11-13-19-27/h11-13,15-16,18-21,30H,3-10,14,17,22-26H2,1-2H3. The number of carbonyl (C=O) groups is 1. The first kappa shape index (κ1) is 27.3. The fourth-order valence-electron chi connectivity index (χ4n) is 4.92. The zero-order valence-corrected chi connectivity index (χ0v) is 22.1. The highest BCUT2D eigenvalue weighted by Gasteiger charge is 2.32. The third kappa shape index (κ3) is 9.33. The first-order chi connectivity index (χ1) is 17.2. The summed E-state index contributed by atoms with van der Waals surface area (Å²) in [4.78, 5) is 17.7. The van der Waals surface area contributed by atoms with E-state index in [2.05, 4.69) is 49.2 Å². The maximum Gasteiger partial charge on any atom is 0.260 e. The monoisotopic (exact) mass is 478 g/mol. The molecule has 2 aromatic carbocycles. The fraction of sp³-hybridized carbons (Fsp3) is 0.581.